The molecule has 0 unspecified atom stereocenters. The van der Waals surface area contributed by atoms with Gasteiger partial charge >= 0.3 is 0 Å². The molecule has 1 aliphatic rings. The molecule has 27 heavy (non-hydrogen) atoms. The fourth-order valence-electron chi connectivity index (χ4n) is 2.97. The van der Waals surface area contributed by atoms with Gasteiger partial charge in [0.05, 0.1) is 18.1 Å². The predicted molar refractivity (Wildman–Crippen MR) is 124 cm³/mol. The Bertz CT molecular complexity index is 678. The highest BCUT2D eigenvalue weighted by atomic mass is 127. The topological polar surface area (TPSA) is 65.0 Å². The summed E-state index contributed by atoms with van der Waals surface area (Å²) < 4.78 is 23.0. The van der Waals surface area contributed by atoms with Crippen molar-refractivity contribution in [2.24, 2.45) is 4.99 Å². The average molecular weight is 508 g/mol. The molecule has 1 heterocycles. The van der Waals surface area contributed by atoms with Gasteiger partial charge in [-0.05, 0) is 24.5 Å². The molecule has 154 valence electrons. The lowest BCUT2D eigenvalue weighted by molar-refractivity contribution is 0.303. The Morgan fingerprint density at radius 1 is 1.15 bits per heavy atom. The van der Waals surface area contributed by atoms with E-state index in [9.17, 15) is 8.42 Å². The molecule has 1 aliphatic heterocycles. The summed E-state index contributed by atoms with van der Waals surface area (Å²) >= 11 is 0. The van der Waals surface area contributed by atoms with Gasteiger partial charge in [0.1, 0.15) is 0 Å². The molecule has 0 spiro atoms. The zero-order chi connectivity index (χ0) is 19.0. The predicted octanol–water partition coefficient (Wildman–Crippen LogP) is 1.99. The van der Waals surface area contributed by atoms with E-state index in [1.165, 1.54) is 11.1 Å². The van der Waals surface area contributed by atoms with Crippen molar-refractivity contribution in [2.45, 2.75) is 26.8 Å². The van der Waals surface area contributed by atoms with Crippen molar-refractivity contribution in [3.63, 3.8) is 0 Å². The normalized spacial score (nSPS) is 17.2. The minimum atomic E-state index is -2.82. The number of hydrogen-bond donors (Lipinski definition) is 1. The summed E-state index contributed by atoms with van der Waals surface area (Å²) in [6.07, 6.45) is 1.05. The maximum atomic E-state index is 11.5. The molecule has 0 aromatic heterocycles. The van der Waals surface area contributed by atoms with Crippen LogP contribution in [0.2, 0.25) is 0 Å². The highest BCUT2D eigenvalue weighted by Gasteiger charge is 2.20. The van der Waals surface area contributed by atoms with Gasteiger partial charge in [-0.15, -0.1) is 24.0 Å². The van der Waals surface area contributed by atoms with Crippen molar-refractivity contribution in [1.29, 1.82) is 0 Å². The van der Waals surface area contributed by atoms with E-state index >= 15 is 0 Å². The summed E-state index contributed by atoms with van der Waals surface area (Å²) in [6.45, 7) is 8.55. The lowest BCUT2D eigenvalue weighted by Gasteiger charge is -2.26. The van der Waals surface area contributed by atoms with Crippen molar-refractivity contribution < 1.29 is 8.42 Å². The Balaban J connectivity index is 0.00000364. The third-order valence-corrected chi connectivity index (χ3v) is 6.27. The van der Waals surface area contributed by atoms with Gasteiger partial charge in [0.2, 0.25) is 0 Å². The number of nitrogens with zero attached hydrogens (tertiary/aromatic N) is 3. The van der Waals surface area contributed by atoms with Crippen LogP contribution in [0.1, 0.15) is 25.0 Å². The molecule has 0 saturated carbocycles. The van der Waals surface area contributed by atoms with Gasteiger partial charge in [-0.25, -0.2) is 8.42 Å². The summed E-state index contributed by atoms with van der Waals surface area (Å²) in [6, 6.07) is 8.70. The van der Waals surface area contributed by atoms with E-state index in [1.807, 2.05) is 7.05 Å². The molecule has 0 bridgehead atoms. The third kappa shape index (κ3) is 8.35. The Morgan fingerprint density at radius 3 is 2.30 bits per heavy atom. The minimum Gasteiger partial charge on any atom is -0.357 e. The average Bonchev–Trinajstić information content (AvgIpc) is 2.63. The van der Waals surface area contributed by atoms with E-state index in [0.717, 1.165) is 32.0 Å². The highest BCUT2D eigenvalue weighted by molar-refractivity contribution is 14.0. The summed E-state index contributed by atoms with van der Waals surface area (Å²) in [5.41, 5.74) is 2.61. The Labute approximate surface area is 181 Å². The summed E-state index contributed by atoms with van der Waals surface area (Å²) in [5.74, 6) is 1.42. The van der Waals surface area contributed by atoms with E-state index in [-0.39, 0.29) is 35.5 Å². The van der Waals surface area contributed by atoms with Crippen LogP contribution in [0.15, 0.2) is 29.3 Å². The van der Waals surface area contributed by atoms with Crippen LogP contribution < -0.4 is 5.32 Å². The van der Waals surface area contributed by atoms with Crippen molar-refractivity contribution in [2.75, 3.05) is 51.3 Å². The summed E-state index contributed by atoms with van der Waals surface area (Å²) in [4.78, 5) is 9.02. The monoisotopic (exact) mass is 508 g/mol. The molecule has 8 heteroatoms. The van der Waals surface area contributed by atoms with Crippen LogP contribution in [0.25, 0.3) is 0 Å². The smallest absolute Gasteiger partial charge is 0.194 e. The fourth-order valence-corrected chi connectivity index (χ4v) is 4.25. The van der Waals surface area contributed by atoms with Crippen LogP contribution in [0.4, 0.5) is 0 Å². The number of aliphatic imine (C=N–C) groups is 1. The third-order valence-electron chi connectivity index (χ3n) is 4.66. The van der Waals surface area contributed by atoms with Gasteiger partial charge in [0.25, 0.3) is 0 Å². The molecular formula is C19H33IN4O2S. The van der Waals surface area contributed by atoms with E-state index in [4.69, 9.17) is 4.99 Å². The maximum Gasteiger partial charge on any atom is 0.194 e. The van der Waals surface area contributed by atoms with Crippen LogP contribution >= 0.6 is 24.0 Å². The second-order valence-electron chi connectivity index (χ2n) is 6.76. The van der Waals surface area contributed by atoms with Crippen LogP contribution in [0.3, 0.4) is 0 Å². The van der Waals surface area contributed by atoms with Gasteiger partial charge in [0, 0.05) is 39.8 Å². The summed E-state index contributed by atoms with van der Waals surface area (Å²) in [5, 5.41) is 3.34. The van der Waals surface area contributed by atoms with Gasteiger partial charge in [-0.1, -0.05) is 31.2 Å². The number of guanidine groups is 1. The Morgan fingerprint density at radius 2 is 1.74 bits per heavy atom. The zero-order valence-corrected chi connectivity index (χ0v) is 19.8. The van der Waals surface area contributed by atoms with Crippen molar-refractivity contribution in [3.8, 4) is 0 Å². The molecule has 1 aromatic rings. The Hall–Kier alpha value is -0.870. The molecule has 1 fully saturated rings. The van der Waals surface area contributed by atoms with Gasteiger partial charge in [-0.3, -0.25) is 9.89 Å². The fraction of sp³-hybridized carbons (Fsp3) is 0.632. The van der Waals surface area contributed by atoms with Gasteiger partial charge in [0.15, 0.2) is 15.8 Å². The number of benzene rings is 1. The molecule has 0 radical (unpaired) electrons. The lowest BCUT2D eigenvalue weighted by Crippen LogP contribution is -2.42. The Kier molecular flexibility index (Phi) is 10.6. The molecule has 0 amide bonds. The number of aryl methyl sites for hydroxylation is 1. The number of rotatable bonds is 7. The molecular weight excluding hydrogens is 475 g/mol. The molecule has 2 rings (SSSR count). The first kappa shape index (κ1) is 24.2. The molecule has 0 atom stereocenters. The molecule has 0 aliphatic carbocycles. The second-order valence-corrected chi connectivity index (χ2v) is 9.06. The largest absolute Gasteiger partial charge is 0.357 e. The first-order chi connectivity index (χ1) is 12.4. The van der Waals surface area contributed by atoms with Crippen LogP contribution in [-0.2, 0) is 22.8 Å². The van der Waals surface area contributed by atoms with Crippen LogP contribution in [0, 0.1) is 0 Å². The van der Waals surface area contributed by atoms with Gasteiger partial charge < -0.3 is 10.2 Å². The first-order valence-electron chi connectivity index (χ1n) is 9.43. The van der Waals surface area contributed by atoms with Crippen molar-refractivity contribution in [1.82, 2.24) is 15.1 Å². The molecule has 1 N–H and O–H groups in total. The maximum absolute atomic E-state index is 11.5. The molecule has 1 aromatic carbocycles. The SMILES string of the molecule is CCNC(=NCCN1CCS(=O)(=O)CC1)N(C)Cc1ccc(CC)cc1.I. The number of nitrogens with one attached hydrogen (secondary N) is 1. The first-order valence-corrected chi connectivity index (χ1v) is 11.3. The van der Waals surface area contributed by atoms with Gasteiger partial charge in [-0.2, -0.15) is 0 Å². The molecule has 1 saturated heterocycles. The van der Waals surface area contributed by atoms with E-state index in [1.54, 1.807) is 0 Å². The minimum absolute atomic E-state index is 0. The quantitative estimate of drug-likeness (QED) is 0.347. The van der Waals surface area contributed by atoms with Crippen LogP contribution in [0.5, 0.6) is 0 Å². The highest BCUT2D eigenvalue weighted by Crippen LogP contribution is 2.08. The zero-order valence-electron chi connectivity index (χ0n) is 16.6. The standard InChI is InChI=1S/C19H32N4O2S.HI/c1-4-17-6-8-18(9-7-17)16-22(3)19(20-5-2)21-10-11-23-12-14-26(24,25)15-13-23;/h6-9H,4-5,10-16H2,1-3H3,(H,20,21);1H. The van der Waals surface area contributed by atoms with E-state index < -0.39 is 9.84 Å². The van der Waals surface area contributed by atoms with Crippen molar-refractivity contribution in [3.05, 3.63) is 35.4 Å². The van der Waals surface area contributed by atoms with E-state index in [0.29, 0.717) is 19.6 Å². The van der Waals surface area contributed by atoms with Crippen LogP contribution in [-0.4, -0.2) is 75.5 Å². The van der Waals surface area contributed by atoms with Crippen molar-refractivity contribution >= 4 is 39.8 Å². The molecule has 6 nitrogen and oxygen atoms in total. The summed E-state index contributed by atoms with van der Waals surface area (Å²) in [7, 11) is -0.773. The number of halogens is 1. The number of sulfone groups is 1. The second kappa shape index (κ2) is 11.9. The number of hydrogen-bond acceptors (Lipinski definition) is 4. The lowest BCUT2D eigenvalue weighted by atomic mass is 10.1. The van der Waals surface area contributed by atoms with E-state index in [2.05, 4.69) is 53.2 Å².